The Hall–Kier alpha value is -5.06. The number of hydrogen-bond acceptors (Lipinski definition) is 6. The number of rotatable bonds is 5. The minimum atomic E-state index is -2.22. The van der Waals surface area contributed by atoms with Gasteiger partial charge in [-0.25, -0.2) is 13.7 Å². The molecule has 3 fully saturated rings. The molecule has 6 atom stereocenters. The number of nitrogens with zero attached hydrogens (tertiary/aromatic N) is 2. The topological polar surface area (TPSA) is 107 Å². The van der Waals surface area contributed by atoms with Crippen LogP contribution in [-0.4, -0.2) is 38.5 Å². The second kappa shape index (κ2) is 11.5. The zero-order valence-corrected chi connectivity index (χ0v) is 27.5. The number of anilines is 4. The van der Waals surface area contributed by atoms with Gasteiger partial charge in [0.1, 0.15) is 5.82 Å². The highest BCUT2D eigenvalue weighted by atomic mass is 35.5. The highest BCUT2D eigenvalue weighted by molar-refractivity contribution is 6.58. The van der Waals surface area contributed by atoms with Crippen LogP contribution in [0.4, 0.5) is 31.5 Å². The van der Waals surface area contributed by atoms with Crippen LogP contribution in [0.15, 0.2) is 109 Å². The molecule has 0 bridgehead atoms. The third-order valence-corrected chi connectivity index (χ3v) is 11.8. The second-order valence-corrected chi connectivity index (χ2v) is 14.3. The Morgan fingerprint density at radius 3 is 2.06 bits per heavy atom. The molecular weight excluding hydrogens is 687 g/mol. The van der Waals surface area contributed by atoms with E-state index < -0.39 is 74.4 Å². The monoisotopic (exact) mass is 713 g/mol. The summed E-state index contributed by atoms with van der Waals surface area (Å²) in [4.78, 5) is 54.6. The smallest absolute Gasteiger partial charge is 0.258 e. The molecule has 6 unspecified atom stereocenters. The number of para-hydroxylation sites is 1. The van der Waals surface area contributed by atoms with Crippen molar-refractivity contribution < 1.29 is 33.1 Å². The lowest BCUT2D eigenvalue weighted by molar-refractivity contribution is -0.125. The number of benzene rings is 4. The van der Waals surface area contributed by atoms with Crippen LogP contribution in [0.25, 0.3) is 0 Å². The van der Waals surface area contributed by atoms with Gasteiger partial charge >= 0.3 is 0 Å². The lowest BCUT2D eigenvalue weighted by atomic mass is 9.56. The molecule has 8 nitrogen and oxygen atoms in total. The molecule has 0 aromatic heterocycles. The summed E-state index contributed by atoms with van der Waals surface area (Å²) in [5, 5.41) is 13.3. The number of imide groups is 2. The summed E-state index contributed by atoms with van der Waals surface area (Å²) in [5.41, 5.74) is 2.62. The maximum atomic E-state index is 14.9. The number of alkyl halides is 2. The van der Waals surface area contributed by atoms with Gasteiger partial charge in [0.25, 0.3) is 11.8 Å². The predicted molar refractivity (Wildman–Crippen MR) is 183 cm³/mol. The summed E-state index contributed by atoms with van der Waals surface area (Å²) in [5.74, 6) is -8.76. The molecule has 2 saturated heterocycles. The van der Waals surface area contributed by atoms with E-state index in [1.807, 2.05) is 30.3 Å². The Morgan fingerprint density at radius 1 is 0.740 bits per heavy atom. The molecule has 4 aromatic carbocycles. The average Bonchev–Trinajstić information content (AvgIpc) is 3.45. The summed E-state index contributed by atoms with van der Waals surface area (Å²) >= 11 is 14.6. The minimum Gasteiger partial charge on any atom is -0.505 e. The number of carbonyl (C=O) groups excluding carboxylic acids is 4. The Morgan fingerprint density at radius 2 is 1.38 bits per heavy atom. The minimum absolute atomic E-state index is 0.0322. The molecule has 4 amide bonds. The maximum absolute atomic E-state index is 14.9. The molecule has 8 rings (SSSR count). The van der Waals surface area contributed by atoms with Crippen LogP contribution < -0.4 is 15.1 Å². The zero-order chi connectivity index (χ0) is 35.1. The number of fused-ring (bicyclic) bond motifs is 4. The molecule has 12 heteroatoms. The summed E-state index contributed by atoms with van der Waals surface area (Å²) in [6.07, 6.45) is 1.58. The molecule has 2 heterocycles. The molecule has 4 aliphatic rings. The van der Waals surface area contributed by atoms with Crippen molar-refractivity contribution in [3.63, 3.8) is 0 Å². The number of nitrogens with one attached hydrogen (secondary N) is 1. The van der Waals surface area contributed by atoms with E-state index in [4.69, 9.17) is 23.2 Å². The SMILES string of the molecule is O=C1C2CC=C3C(CC4(Cl)C(=O)N(c5ccc(F)cc5)C(=O)C4(Cl)C3c3ccc(O)c(F)c3)C2C(=O)N1c1ccc(Nc2ccccc2)cc1. The van der Waals surface area contributed by atoms with Gasteiger partial charge in [-0.1, -0.05) is 35.9 Å². The number of hydrogen-bond donors (Lipinski definition) is 2. The van der Waals surface area contributed by atoms with Gasteiger partial charge in [0.05, 0.1) is 23.2 Å². The Kier molecular flexibility index (Phi) is 7.40. The Bertz CT molecular complexity index is 2130. The first-order valence-corrected chi connectivity index (χ1v) is 16.7. The standard InChI is InChI=1S/C38H27Cl2F2N3O5/c39-37-19-28-26(15-16-27-31(28)34(48)44(33(27)47)24-13-9-23(10-14-24)43-22-4-2-1-3-5-22)32(20-6-17-30(46)29(42)18-20)38(37,40)36(50)45(35(37)49)25-11-7-21(41)8-12-25/h1-15,17-18,27-28,31-32,43,46H,16,19H2. The Balaban J connectivity index is 1.20. The van der Waals surface area contributed by atoms with Crippen molar-refractivity contribution in [3.05, 3.63) is 126 Å². The quantitative estimate of drug-likeness (QED) is 0.129. The van der Waals surface area contributed by atoms with Crippen molar-refractivity contribution in [2.24, 2.45) is 17.8 Å². The fourth-order valence-electron chi connectivity index (χ4n) is 8.11. The summed E-state index contributed by atoms with van der Waals surface area (Å²) in [6.45, 7) is 0. The summed E-state index contributed by atoms with van der Waals surface area (Å²) in [6, 6.07) is 24.5. The van der Waals surface area contributed by atoms with E-state index in [0.29, 0.717) is 11.3 Å². The molecule has 2 aliphatic carbocycles. The highest BCUT2D eigenvalue weighted by Gasteiger charge is 2.76. The lowest BCUT2D eigenvalue weighted by Gasteiger charge is -2.50. The summed E-state index contributed by atoms with van der Waals surface area (Å²) in [7, 11) is 0. The molecule has 1 saturated carbocycles. The normalized spacial score (nSPS) is 28.7. The van der Waals surface area contributed by atoms with Crippen LogP contribution in [0, 0.1) is 29.4 Å². The van der Waals surface area contributed by atoms with Gasteiger partial charge in [-0.3, -0.25) is 24.1 Å². The number of carbonyl (C=O) groups is 4. The van der Waals surface area contributed by atoms with Crippen LogP contribution in [0.1, 0.15) is 24.3 Å². The van der Waals surface area contributed by atoms with Crippen LogP contribution in [0.3, 0.4) is 0 Å². The number of phenolic OH excluding ortho intramolecular Hbond substituents is 1. The molecule has 2 aliphatic heterocycles. The van der Waals surface area contributed by atoms with Crippen LogP contribution in [-0.2, 0) is 19.2 Å². The van der Waals surface area contributed by atoms with Crippen molar-refractivity contribution in [1.82, 2.24) is 0 Å². The van der Waals surface area contributed by atoms with E-state index in [1.54, 1.807) is 30.3 Å². The van der Waals surface area contributed by atoms with Gasteiger partial charge in [0.2, 0.25) is 11.8 Å². The fraction of sp³-hybridized carbons (Fsp3) is 0.211. The van der Waals surface area contributed by atoms with Crippen molar-refractivity contribution in [3.8, 4) is 5.75 Å². The molecule has 2 N–H and O–H groups in total. The Labute approximate surface area is 294 Å². The highest BCUT2D eigenvalue weighted by Crippen LogP contribution is 2.66. The fourth-order valence-corrected chi connectivity index (χ4v) is 9.05. The maximum Gasteiger partial charge on any atom is 0.258 e. The van der Waals surface area contributed by atoms with E-state index in [0.717, 1.165) is 45.4 Å². The van der Waals surface area contributed by atoms with Crippen LogP contribution in [0.2, 0.25) is 0 Å². The van der Waals surface area contributed by atoms with Crippen LogP contribution >= 0.6 is 23.2 Å². The number of halogens is 4. The number of amides is 4. The van der Waals surface area contributed by atoms with Crippen molar-refractivity contribution >= 4 is 69.6 Å². The van der Waals surface area contributed by atoms with Gasteiger partial charge in [0.15, 0.2) is 21.3 Å². The van der Waals surface area contributed by atoms with E-state index in [-0.39, 0.29) is 24.1 Å². The first kappa shape index (κ1) is 32.2. The van der Waals surface area contributed by atoms with E-state index in [2.05, 4.69) is 5.32 Å². The molecule has 4 aromatic rings. The number of allylic oxidation sites excluding steroid dienone is 2. The summed E-state index contributed by atoms with van der Waals surface area (Å²) < 4.78 is 28.8. The lowest BCUT2D eigenvalue weighted by Crippen LogP contribution is -2.60. The molecule has 50 heavy (non-hydrogen) atoms. The number of phenols is 1. The van der Waals surface area contributed by atoms with Gasteiger partial charge in [-0.05, 0) is 97.1 Å². The van der Waals surface area contributed by atoms with Gasteiger partial charge < -0.3 is 10.4 Å². The average molecular weight is 715 g/mol. The molecular formula is C38H27Cl2F2N3O5. The predicted octanol–water partition coefficient (Wildman–Crippen LogP) is 7.18. The van der Waals surface area contributed by atoms with E-state index >= 15 is 0 Å². The van der Waals surface area contributed by atoms with Gasteiger partial charge in [-0.15, -0.1) is 23.2 Å². The largest absolute Gasteiger partial charge is 0.505 e. The van der Waals surface area contributed by atoms with E-state index in [9.17, 15) is 33.1 Å². The van der Waals surface area contributed by atoms with Crippen LogP contribution in [0.5, 0.6) is 5.75 Å². The molecule has 0 radical (unpaired) electrons. The second-order valence-electron chi connectivity index (χ2n) is 13.0. The first-order valence-electron chi connectivity index (χ1n) is 15.9. The number of aromatic hydroxyl groups is 1. The van der Waals surface area contributed by atoms with Crippen molar-refractivity contribution in [2.45, 2.75) is 28.5 Å². The molecule has 0 spiro atoms. The molecule has 252 valence electrons. The third-order valence-electron chi connectivity index (χ3n) is 10.4. The van der Waals surface area contributed by atoms with E-state index in [1.165, 1.54) is 18.2 Å². The van der Waals surface area contributed by atoms with Crippen molar-refractivity contribution in [2.75, 3.05) is 15.1 Å². The van der Waals surface area contributed by atoms with Gasteiger partial charge in [0, 0.05) is 17.3 Å². The zero-order valence-electron chi connectivity index (χ0n) is 26.0. The van der Waals surface area contributed by atoms with Gasteiger partial charge in [-0.2, -0.15) is 0 Å². The first-order chi connectivity index (χ1) is 23.9. The van der Waals surface area contributed by atoms with Crippen molar-refractivity contribution in [1.29, 1.82) is 0 Å². The third kappa shape index (κ3) is 4.54.